The minimum absolute atomic E-state index is 0.378. The lowest BCUT2D eigenvalue weighted by Gasteiger charge is -2.20. The average molecular weight is 206 g/mol. The summed E-state index contributed by atoms with van der Waals surface area (Å²) in [5.41, 5.74) is 0.362. The summed E-state index contributed by atoms with van der Waals surface area (Å²) in [6, 6.07) is 9.83. The van der Waals surface area contributed by atoms with Gasteiger partial charge in [-0.1, -0.05) is 30.3 Å². The third-order valence-electron chi connectivity index (χ3n) is 2.60. The number of carbonyl (C=O) groups excluding carboxylic acids is 1. The van der Waals surface area contributed by atoms with Crippen LogP contribution in [0.25, 0.3) is 0 Å². The summed E-state index contributed by atoms with van der Waals surface area (Å²) in [7, 11) is 0. The van der Waals surface area contributed by atoms with Crippen molar-refractivity contribution >= 4 is 6.29 Å². The first-order chi connectivity index (χ1) is 7.35. The van der Waals surface area contributed by atoms with Gasteiger partial charge in [-0.3, -0.25) is 0 Å². The van der Waals surface area contributed by atoms with E-state index in [0.29, 0.717) is 26.2 Å². The van der Waals surface area contributed by atoms with Gasteiger partial charge in [0.05, 0.1) is 19.8 Å². The van der Waals surface area contributed by atoms with Gasteiger partial charge in [0.2, 0.25) is 0 Å². The monoisotopic (exact) mass is 206 g/mol. The molecule has 1 aromatic carbocycles. The fraction of sp³-hybridized carbons (Fsp3) is 0.417. The zero-order valence-corrected chi connectivity index (χ0v) is 8.52. The third-order valence-corrected chi connectivity index (χ3v) is 2.60. The van der Waals surface area contributed by atoms with Gasteiger partial charge < -0.3 is 14.3 Å². The van der Waals surface area contributed by atoms with Gasteiger partial charge in [-0.05, 0) is 5.56 Å². The van der Waals surface area contributed by atoms with Crippen LogP contribution in [0.5, 0.6) is 0 Å². The second-order valence-corrected chi connectivity index (χ2v) is 3.76. The fourth-order valence-electron chi connectivity index (χ4n) is 1.60. The second-order valence-electron chi connectivity index (χ2n) is 3.76. The van der Waals surface area contributed by atoms with Crippen LogP contribution < -0.4 is 0 Å². The van der Waals surface area contributed by atoms with Gasteiger partial charge in [-0.2, -0.15) is 0 Å². The van der Waals surface area contributed by atoms with Crippen LogP contribution in [0.15, 0.2) is 30.3 Å². The summed E-state index contributed by atoms with van der Waals surface area (Å²) >= 11 is 0. The smallest absolute Gasteiger partial charge is 0.154 e. The van der Waals surface area contributed by atoms with Crippen molar-refractivity contribution in [2.75, 3.05) is 13.2 Å². The van der Waals surface area contributed by atoms with Crippen molar-refractivity contribution in [3.05, 3.63) is 35.9 Å². The third kappa shape index (κ3) is 2.43. The van der Waals surface area contributed by atoms with E-state index in [1.807, 2.05) is 30.3 Å². The maximum atomic E-state index is 10.9. The molecule has 80 valence electrons. The Labute approximate surface area is 89.0 Å². The van der Waals surface area contributed by atoms with Crippen LogP contribution in [0.1, 0.15) is 12.0 Å². The lowest BCUT2D eigenvalue weighted by molar-refractivity contribution is -0.133. The summed E-state index contributed by atoms with van der Waals surface area (Å²) < 4.78 is 10.8. The van der Waals surface area contributed by atoms with Crippen LogP contribution in [0.2, 0.25) is 0 Å². The molecule has 1 unspecified atom stereocenters. The number of hydrogen-bond acceptors (Lipinski definition) is 3. The summed E-state index contributed by atoms with van der Waals surface area (Å²) in [4.78, 5) is 10.9. The van der Waals surface area contributed by atoms with E-state index in [0.717, 1.165) is 11.8 Å². The van der Waals surface area contributed by atoms with Crippen molar-refractivity contribution in [3.8, 4) is 0 Å². The first kappa shape index (κ1) is 10.3. The standard InChI is InChI=1S/C12H14O3/c13-9-12(6-7-14-10-12)15-8-11-4-2-1-3-5-11/h1-5,9H,6-8,10H2. The topological polar surface area (TPSA) is 35.5 Å². The molecule has 0 radical (unpaired) electrons. The van der Waals surface area contributed by atoms with Gasteiger partial charge in [0, 0.05) is 6.42 Å². The average Bonchev–Trinajstić information content (AvgIpc) is 2.77. The Morgan fingerprint density at radius 1 is 1.40 bits per heavy atom. The molecule has 0 spiro atoms. The predicted molar refractivity (Wildman–Crippen MR) is 55.5 cm³/mol. The zero-order valence-electron chi connectivity index (χ0n) is 8.52. The van der Waals surface area contributed by atoms with Gasteiger partial charge in [-0.25, -0.2) is 0 Å². The molecule has 1 aliphatic heterocycles. The highest BCUT2D eigenvalue weighted by Gasteiger charge is 2.35. The van der Waals surface area contributed by atoms with Gasteiger partial charge in [0.1, 0.15) is 5.60 Å². The molecule has 0 saturated carbocycles. The van der Waals surface area contributed by atoms with Gasteiger partial charge >= 0.3 is 0 Å². The molecule has 0 aliphatic carbocycles. The molecule has 1 atom stereocenters. The van der Waals surface area contributed by atoms with Crippen molar-refractivity contribution in [1.82, 2.24) is 0 Å². The van der Waals surface area contributed by atoms with Crippen LogP contribution in [-0.4, -0.2) is 25.1 Å². The van der Waals surface area contributed by atoms with E-state index >= 15 is 0 Å². The molecular weight excluding hydrogens is 192 g/mol. The number of aldehydes is 1. The molecule has 15 heavy (non-hydrogen) atoms. The summed E-state index contributed by atoms with van der Waals surface area (Å²) in [6.45, 7) is 1.44. The van der Waals surface area contributed by atoms with E-state index in [4.69, 9.17) is 9.47 Å². The van der Waals surface area contributed by atoms with E-state index in [1.165, 1.54) is 0 Å². The predicted octanol–water partition coefficient (Wildman–Crippen LogP) is 1.56. The van der Waals surface area contributed by atoms with Crippen molar-refractivity contribution in [2.24, 2.45) is 0 Å². The molecule has 3 nitrogen and oxygen atoms in total. The van der Waals surface area contributed by atoms with Crippen molar-refractivity contribution in [2.45, 2.75) is 18.6 Å². The van der Waals surface area contributed by atoms with E-state index in [2.05, 4.69) is 0 Å². The Balaban J connectivity index is 1.94. The Bertz CT molecular complexity index is 315. The zero-order chi connectivity index (χ0) is 10.6. The Kier molecular flexibility index (Phi) is 3.14. The van der Waals surface area contributed by atoms with Crippen molar-refractivity contribution in [3.63, 3.8) is 0 Å². The highest BCUT2D eigenvalue weighted by atomic mass is 16.6. The van der Waals surface area contributed by atoms with Crippen LogP contribution in [-0.2, 0) is 20.9 Å². The van der Waals surface area contributed by atoms with Gasteiger partial charge in [0.25, 0.3) is 0 Å². The molecule has 2 rings (SSSR count). The lowest BCUT2D eigenvalue weighted by atomic mass is 10.1. The SMILES string of the molecule is O=CC1(OCc2ccccc2)CCOC1. The number of benzene rings is 1. The largest absolute Gasteiger partial charge is 0.378 e. The van der Waals surface area contributed by atoms with Crippen LogP contribution >= 0.6 is 0 Å². The van der Waals surface area contributed by atoms with E-state index in [9.17, 15) is 4.79 Å². The Hall–Kier alpha value is -1.19. The maximum absolute atomic E-state index is 10.9. The molecular formula is C12H14O3. The highest BCUT2D eigenvalue weighted by molar-refractivity contribution is 5.63. The highest BCUT2D eigenvalue weighted by Crippen LogP contribution is 2.22. The Morgan fingerprint density at radius 2 is 2.20 bits per heavy atom. The first-order valence-corrected chi connectivity index (χ1v) is 5.07. The molecule has 1 saturated heterocycles. The normalized spacial score (nSPS) is 25.3. The van der Waals surface area contributed by atoms with Crippen molar-refractivity contribution in [1.29, 1.82) is 0 Å². The molecule has 3 heteroatoms. The van der Waals surface area contributed by atoms with E-state index in [-0.39, 0.29) is 0 Å². The summed E-state index contributed by atoms with van der Waals surface area (Å²) in [6.07, 6.45) is 1.52. The first-order valence-electron chi connectivity index (χ1n) is 5.07. The number of ether oxygens (including phenoxy) is 2. The van der Waals surface area contributed by atoms with Crippen molar-refractivity contribution < 1.29 is 14.3 Å². The second kappa shape index (κ2) is 4.55. The maximum Gasteiger partial charge on any atom is 0.154 e. The van der Waals surface area contributed by atoms with Crippen LogP contribution in [0, 0.1) is 0 Å². The van der Waals surface area contributed by atoms with E-state index < -0.39 is 5.60 Å². The number of carbonyl (C=O) groups is 1. The van der Waals surface area contributed by atoms with Crippen LogP contribution in [0.3, 0.4) is 0 Å². The Morgan fingerprint density at radius 3 is 2.80 bits per heavy atom. The lowest BCUT2D eigenvalue weighted by Crippen LogP contribution is -2.34. The number of hydrogen-bond donors (Lipinski definition) is 0. The molecule has 1 aliphatic rings. The minimum atomic E-state index is -0.712. The summed E-state index contributed by atoms with van der Waals surface area (Å²) in [5.74, 6) is 0. The van der Waals surface area contributed by atoms with Gasteiger partial charge in [0.15, 0.2) is 6.29 Å². The molecule has 1 fully saturated rings. The van der Waals surface area contributed by atoms with E-state index in [1.54, 1.807) is 0 Å². The van der Waals surface area contributed by atoms with Crippen LogP contribution in [0.4, 0.5) is 0 Å². The molecule has 1 heterocycles. The molecule has 0 N–H and O–H groups in total. The van der Waals surface area contributed by atoms with Gasteiger partial charge in [-0.15, -0.1) is 0 Å². The quantitative estimate of drug-likeness (QED) is 0.701. The summed E-state index contributed by atoms with van der Waals surface area (Å²) in [5, 5.41) is 0. The fourth-order valence-corrected chi connectivity index (χ4v) is 1.60. The molecule has 0 bridgehead atoms. The number of rotatable bonds is 4. The molecule has 0 amide bonds. The molecule has 1 aromatic rings. The molecule has 0 aromatic heterocycles. The minimum Gasteiger partial charge on any atom is -0.378 e.